The van der Waals surface area contributed by atoms with Gasteiger partial charge in [0, 0.05) is 18.4 Å². The molecule has 0 saturated carbocycles. The molecular formula is C6H10KNO2. The first-order chi connectivity index (χ1) is 4.30. The fourth-order valence-corrected chi connectivity index (χ4v) is 1.05. The number of nitrogens with one attached hydrogen (secondary N) is 1. The van der Waals surface area contributed by atoms with Crippen molar-refractivity contribution in [3.05, 3.63) is 0 Å². The van der Waals surface area contributed by atoms with Gasteiger partial charge in [-0.15, -0.1) is 0 Å². The summed E-state index contributed by atoms with van der Waals surface area (Å²) in [5, 5.41) is 13.2. The molecule has 1 atom stereocenters. The average Bonchev–Trinajstić information content (AvgIpc) is 1.90. The van der Waals surface area contributed by atoms with Crippen LogP contribution in [0.15, 0.2) is 0 Å². The van der Waals surface area contributed by atoms with Crippen molar-refractivity contribution in [3.63, 3.8) is 0 Å². The van der Waals surface area contributed by atoms with E-state index in [1.54, 1.807) is 0 Å². The van der Waals surface area contributed by atoms with Crippen LogP contribution in [0.3, 0.4) is 0 Å². The van der Waals surface area contributed by atoms with E-state index in [0.29, 0.717) is 6.54 Å². The molecule has 4 heteroatoms. The molecule has 1 aliphatic rings. The summed E-state index contributed by atoms with van der Waals surface area (Å²) in [6.07, 6.45) is 1.73. The number of carbonyl (C=O) groups excluding carboxylic acids is 1. The van der Waals surface area contributed by atoms with Crippen LogP contribution in [0.5, 0.6) is 0 Å². The molecule has 1 aliphatic heterocycles. The summed E-state index contributed by atoms with van der Waals surface area (Å²) < 4.78 is 0. The van der Waals surface area contributed by atoms with Crippen molar-refractivity contribution in [3.8, 4) is 0 Å². The third kappa shape index (κ3) is 3.46. The monoisotopic (exact) mass is 167 g/mol. The predicted octanol–water partition coefficient (Wildman–Crippen LogP) is -4.26. The van der Waals surface area contributed by atoms with E-state index in [4.69, 9.17) is 0 Å². The number of aliphatic carboxylic acids is 1. The van der Waals surface area contributed by atoms with Crippen molar-refractivity contribution >= 4 is 5.97 Å². The standard InChI is InChI=1S/C6H11NO2.K/c8-6(9)5-2-1-3-7-4-5;/h5,7H,1-4H2,(H,8,9);/q;+1/p-1. The Bertz CT molecular complexity index is 112. The molecule has 1 N–H and O–H groups in total. The van der Waals surface area contributed by atoms with Crippen LogP contribution in [0.1, 0.15) is 12.8 Å². The SMILES string of the molecule is O=C([O-])C1CCCNC1.[K+]. The summed E-state index contributed by atoms with van der Waals surface area (Å²) in [4.78, 5) is 10.2. The Morgan fingerprint density at radius 2 is 2.30 bits per heavy atom. The second-order valence-electron chi connectivity index (χ2n) is 2.36. The van der Waals surface area contributed by atoms with E-state index in [1.807, 2.05) is 0 Å². The van der Waals surface area contributed by atoms with Crippen molar-refractivity contribution in [1.82, 2.24) is 5.32 Å². The molecule has 0 bridgehead atoms. The minimum Gasteiger partial charge on any atom is -0.550 e. The zero-order valence-electron chi connectivity index (χ0n) is 6.22. The Balaban J connectivity index is 0.000000810. The predicted molar refractivity (Wildman–Crippen MR) is 30.6 cm³/mol. The molecule has 1 saturated heterocycles. The number of carbonyl (C=O) groups is 1. The summed E-state index contributed by atoms with van der Waals surface area (Å²) >= 11 is 0. The van der Waals surface area contributed by atoms with Crippen LogP contribution in [-0.4, -0.2) is 19.1 Å². The molecule has 0 aromatic carbocycles. The molecule has 52 valence electrons. The first-order valence-corrected chi connectivity index (χ1v) is 3.22. The minimum absolute atomic E-state index is 0. The van der Waals surface area contributed by atoms with Crippen molar-refractivity contribution in [2.75, 3.05) is 13.1 Å². The van der Waals surface area contributed by atoms with E-state index in [2.05, 4.69) is 5.32 Å². The van der Waals surface area contributed by atoms with Crippen molar-refractivity contribution < 1.29 is 61.3 Å². The van der Waals surface area contributed by atoms with Gasteiger partial charge in [-0.25, -0.2) is 0 Å². The molecule has 0 spiro atoms. The van der Waals surface area contributed by atoms with Crippen LogP contribution in [0.2, 0.25) is 0 Å². The van der Waals surface area contributed by atoms with Gasteiger partial charge in [0.05, 0.1) is 0 Å². The molecule has 0 radical (unpaired) electrons. The van der Waals surface area contributed by atoms with Gasteiger partial charge in [-0.05, 0) is 19.4 Å². The van der Waals surface area contributed by atoms with E-state index in [1.165, 1.54) is 0 Å². The Labute approximate surface area is 103 Å². The molecule has 10 heavy (non-hydrogen) atoms. The third-order valence-corrected chi connectivity index (χ3v) is 1.63. The van der Waals surface area contributed by atoms with Crippen molar-refractivity contribution in [2.24, 2.45) is 5.92 Å². The second kappa shape index (κ2) is 5.68. The van der Waals surface area contributed by atoms with Crippen LogP contribution in [0, 0.1) is 5.92 Å². The molecule has 0 amide bonds. The molecule has 1 rings (SSSR count). The topological polar surface area (TPSA) is 52.2 Å². The van der Waals surface area contributed by atoms with E-state index in [-0.39, 0.29) is 57.3 Å². The van der Waals surface area contributed by atoms with Crippen molar-refractivity contribution in [1.29, 1.82) is 0 Å². The summed E-state index contributed by atoms with van der Waals surface area (Å²) in [5.74, 6) is -1.17. The first-order valence-electron chi connectivity index (χ1n) is 3.22. The number of piperidine rings is 1. The normalized spacial score (nSPS) is 25.0. The third-order valence-electron chi connectivity index (χ3n) is 1.63. The summed E-state index contributed by atoms with van der Waals surface area (Å²) in [6, 6.07) is 0. The van der Waals surface area contributed by atoms with Crippen molar-refractivity contribution in [2.45, 2.75) is 12.8 Å². The van der Waals surface area contributed by atoms with Crippen LogP contribution >= 0.6 is 0 Å². The van der Waals surface area contributed by atoms with E-state index in [0.717, 1.165) is 19.4 Å². The summed E-state index contributed by atoms with van der Waals surface area (Å²) in [7, 11) is 0. The Hall–Kier alpha value is 1.07. The van der Waals surface area contributed by atoms with Gasteiger partial charge in [-0.3, -0.25) is 0 Å². The van der Waals surface area contributed by atoms with Crippen LogP contribution in [0.4, 0.5) is 0 Å². The zero-order chi connectivity index (χ0) is 6.69. The Morgan fingerprint density at radius 3 is 2.60 bits per heavy atom. The van der Waals surface area contributed by atoms with Gasteiger partial charge >= 0.3 is 51.4 Å². The molecule has 1 unspecified atom stereocenters. The maximum absolute atomic E-state index is 10.2. The van der Waals surface area contributed by atoms with Gasteiger partial charge in [-0.2, -0.15) is 0 Å². The molecule has 0 aromatic heterocycles. The Morgan fingerprint density at radius 1 is 1.60 bits per heavy atom. The van der Waals surface area contributed by atoms with Gasteiger partial charge in [-0.1, -0.05) is 0 Å². The molecule has 1 heterocycles. The zero-order valence-corrected chi connectivity index (χ0v) is 9.35. The molecular weight excluding hydrogens is 157 g/mol. The first kappa shape index (κ1) is 11.1. The maximum Gasteiger partial charge on any atom is 1.00 e. The van der Waals surface area contributed by atoms with Gasteiger partial charge < -0.3 is 15.2 Å². The number of hydrogen-bond donors (Lipinski definition) is 1. The number of carboxylic acid groups (broad SMARTS) is 1. The van der Waals surface area contributed by atoms with Crippen LogP contribution in [0.25, 0.3) is 0 Å². The van der Waals surface area contributed by atoms with Gasteiger partial charge in [0.2, 0.25) is 0 Å². The maximum atomic E-state index is 10.2. The second-order valence-corrected chi connectivity index (χ2v) is 2.36. The van der Waals surface area contributed by atoms with Crippen LogP contribution in [-0.2, 0) is 4.79 Å². The van der Waals surface area contributed by atoms with Crippen LogP contribution < -0.4 is 61.8 Å². The summed E-state index contributed by atoms with van der Waals surface area (Å²) in [6.45, 7) is 1.53. The largest absolute Gasteiger partial charge is 1.00 e. The molecule has 0 aliphatic carbocycles. The van der Waals surface area contributed by atoms with E-state index in [9.17, 15) is 9.90 Å². The fraction of sp³-hybridized carbons (Fsp3) is 0.833. The smallest absolute Gasteiger partial charge is 0.550 e. The minimum atomic E-state index is -0.915. The quantitative estimate of drug-likeness (QED) is 0.402. The van der Waals surface area contributed by atoms with Gasteiger partial charge in [0.25, 0.3) is 0 Å². The summed E-state index contributed by atoms with van der Waals surface area (Å²) in [5.41, 5.74) is 0. The van der Waals surface area contributed by atoms with E-state index >= 15 is 0 Å². The molecule has 1 fully saturated rings. The molecule has 0 aromatic rings. The number of carboxylic acids is 1. The number of hydrogen-bond acceptors (Lipinski definition) is 3. The fourth-order valence-electron chi connectivity index (χ4n) is 1.05. The molecule has 3 nitrogen and oxygen atoms in total. The van der Waals surface area contributed by atoms with E-state index < -0.39 is 5.97 Å². The number of rotatable bonds is 1. The Kier molecular flexibility index (Phi) is 6.29. The van der Waals surface area contributed by atoms with Gasteiger partial charge in [0.15, 0.2) is 0 Å². The average molecular weight is 167 g/mol. The van der Waals surface area contributed by atoms with Gasteiger partial charge in [0.1, 0.15) is 0 Å².